The van der Waals surface area contributed by atoms with Gasteiger partial charge in [-0.15, -0.1) is 11.3 Å². The van der Waals surface area contributed by atoms with Crippen LogP contribution in [0.15, 0.2) is 15.9 Å². The molecule has 1 N–H and O–H groups in total. The number of thioether (sulfide) groups is 1. The highest BCUT2D eigenvalue weighted by Crippen LogP contribution is 2.26. The predicted octanol–water partition coefficient (Wildman–Crippen LogP) is 2.62. The minimum Gasteiger partial charge on any atom is -0.313 e. The average Bonchev–Trinajstić information content (AvgIpc) is 2.57. The van der Waals surface area contributed by atoms with Gasteiger partial charge in [0.15, 0.2) is 0 Å². The van der Waals surface area contributed by atoms with Gasteiger partial charge in [0.1, 0.15) is 4.34 Å². The summed E-state index contributed by atoms with van der Waals surface area (Å²) in [7, 11) is 0. The van der Waals surface area contributed by atoms with Gasteiger partial charge in [-0.2, -0.15) is 0 Å². The van der Waals surface area contributed by atoms with E-state index in [-0.39, 0.29) is 0 Å². The van der Waals surface area contributed by atoms with E-state index in [2.05, 4.69) is 31.1 Å². The number of hydrogen-bond donors (Lipinski definition) is 1. The van der Waals surface area contributed by atoms with Gasteiger partial charge in [-0.3, -0.25) is 0 Å². The molecule has 1 rings (SSSR count). The third kappa shape index (κ3) is 3.67. The van der Waals surface area contributed by atoms with E-state index in [1.54, 1.807) is 11.3 Å². The molecule has 0 aliphatic rings. The van der Waals surface area contributed by atoms with Gasteiger partial charge in [-0.05, 0) is 13.5 Å². The minimum absolute atomic E-state index is 0.541. The highest BCUT2D eigenvalue weighted by Gasteiger charge is 2.13. The Bertz CT molecular complexity index is 224. The first kappa shape index (κ1) is 11.0. The van der Waals surface area contributed by atoms with Crippen molar-refractivity contribution >= 4 is 23.1 Å². The molecular weight excluding hydrogens is 200 g/mol. The van der Waals surface area contributed by atoms with E-state index in [1.165, 1.54) is 0 Å². The van der Waals surface area contributed by atoms with E-state index < -0.39 is 0 Å². The monoisotopic (exact) mass is 216 g/mol. The van der Waals surface area contributed by atoms with E-state index in [4.69, 9.17) is 0 Å². The zero-order chi connectivity index (χ0) is 9.68. The Balaban J connectivity index is 2.36. The number of nitrogens with one attached hydrogen (secondary N) is 1. The van der Waals surface area contributed by atoms with Gasteiger partial charge in [0, 0.05) is 22.9 Å². The third-order valence-corrected chi connectivity index (χ3v) is 4.16. The number of rotatable bonds is 5. The summed E-state index contributed by atoms with van der Waals surface area (Å²) >= 11 is 3.55. The van der Waals surface area contributed by atoms with E-state index in [0.29, 0.717) is 11.3 Å². The summed E-state index contributed by atoms with van der Waals surface area (Å²) in [5.74, 6) is 0. The third-order valence-electron chi connectivity index (χ3n) is 1.93. The fourth-order valence-electron chi connectivity index (χ4n) is 1.02. The minimum atomic E-state index is 0.541. The lowest BCUT2D eigenvalue weighted by Crippen LogP contribution is -2.33. The summed E-state index contributed by atoms with van der Waals surface area (Å²) in [5.41, 5.74) is 0. The van der Waals surface area contributed by atoms with Crippen LogP contribution in [0.1, 0.15) is 20.8 Å². The largest absolute Gasteiger partial charge is 0.313 e. The molecule has 2 nitrogen and oxygen atoms in total. The van der Waals surface area contributed by atoms with Gasteiger partial charge >= 0.3 is 0 Å². The van der Waals surface area contributed by atoms with Crippen LogP contribution in [0, 0.1) is 0 Å². The molecule has 0 aliphatic heterocycles. The first-order valence-electron chi connectivity index (χ1n) is 4.53. The Morgan fingerprint density at radius 2 is 2.38 bits per heavy atom. The topological polar surface area (TPSA) is 24.9 Å². The number of thiazole rings is 1. The standard InChI is InChI=1S/C9H16N2S2/c1-4-10-7(2)8(3)13-9-11-5-6-12-9/h5-8,10H,4H2,1-3H3. The van der Waals surface area contributed by atoms with Crippen LogP contribution < -0.4 is 5.32 Å². The summed E-state index contributed by atoms with van der Waals surface area (Å²) in [6.07, 6.45) is 1.86. The predicted molar refractivity (Wildman–Crippen MR) is 60.6 cm³/mol. The summed E-state index contributed by atoms with van der Waals surface area (Å²) in [6.45, 7) is 7.62. The Morgan fingerprint density at radius 3 is 2.92 bits per heavy atom. The smallest absolute Gasteiger partial charge is 0.150 e. The quantitative estimate of drug-likeness (QED) is 0.766. The Kier molecular flexibility index (Phi) is 4.77. The second-order valence-electron chi connectivity index (χ2n) is 2.97. The molecule has 2 unspecified atom stereocenters. The molecule has 0 fully saturated rings. The van der Waals surface area contributed by atoms with Gasteiger partial charge < -0.3 is 5.32 Å². The Hall–Kier alpha value is -0.0600. The number of nitrogens with zero attached hydrogens (tertiary/aromatic N) is 1. The van der Waals surface area contributed by atoms with Crippen LogP contribution in [0.25, 0.3) is 0 Å². The van der Waals surface area contributed by atoms with E-state index in [1.807, 2.05) is 23.3 Å². The lowest BCUT2D eigenvalue weighted by molar-refractivity contribution is 0.563. The van der Waals surface area contributed by atoms with Crippen molar-refractivity contribution in [2.75, 3.05) is 6.54 Å². The Labute approximate surface area is 88.2 Å². The van der Waals surface area contributed by atoms with Crippen molar-refractivity contribution < 1.29 is 0 Å². The molecule has 0 radical (unpaired) electrons. The molecule has 0 saturated heterocycles. The highest BCUT2D eigenvalue weighted by atomic mass is 32.2. The van der Waals surface area contributed by atoms with Gasteiger partial charge in [0.2, 0.25) is 0 Å². The van der Waals surface area contributed by atoms with Crippen LogP contribution in [0.3, 0.4) is 0 Å². The van der Waals surface area contributed by atoms with Crippen LogP contribution in [0.2, 0.25) is 0 Å². The first-order valence-corrected chi connectivity index (χ1v) is 6.29. The molecule has 0 bridgehead atoms. The Morgan fingerprint density at radius 1 is 1.62 bits per heavy atom. The molecule has 2 atom stereocenters. The van der Waals surface area contributed by atoms with Gasteiger partial charge in [0.05, 0.1) is 0 Å². The van der Waals surface area contributed by atoms with E-state index in [0.717, 1.165) is 10.9 Å². The lowest BCUT2D eigenvalue weighted by Gasteiger charge is -2.18. The zero-order valence-electron chi connectivity index (χ0n) is 8.28. The zero-order valence-corrected chi connectivity index (χ0v) is 9.91. The van der Waals surface area contributed by atoms with Gasteiger partial charge in [-0.25, -0.2) is 4.98 Å². The molecule has 1 aromatic heterocycles. The molecule has 1 aromatic rings. The first-order chi connectivity index (χ1) is 6.24. The van der Waals surface area contributed by atoms with Crippen molar-refractivity contribution in [1.82, 2.24) is 10.3 Å². The highest BCUT2D eigenvalue weighted by molar-refractivity contribution is 8.01. The molecule has 13 heavy (non-hydrogen) atoms. The normalized spacial score (nSPS) is 15.6. The van der Waals surface area contributed by atoms with Crippen LogP contribution in [-0.4, -0.2) is 22.8 Å². The molecule has 0 amide bonds. The molecule has 74 valence electrons. The molecule has 0 saturated carbocycles. The molecule has 4 heteroatoms. The number of hydrogen-bond acceptors (Lipinski definition) is 4. The lowest BCUT2D eigenvalue weighted by atomic mass is 10.2. The average molecular weight is 216 g/mol. The molecule has 0 spiro atoms. The SMILES string of the molecule is CCNC(C)C(C)Sc1nccs1. The summed E-state index contributed by atoms with van der Waals surface area (Å²) in [4.78, 5) is 4.25. The maximum Gasteiger partial charge on any atom is 0.150 e. The van der Waals surface area contributed by atoms with Crippen LogP contribution in [0.5, 0.6) is 0 Å². The van der Waals surface area contributed by atoms with Crippen LogP contribution in [0.4, 0.5) is 0 Å². The van der Waals surface area contributed by atoms with Crippen molar-refractivity contribution in [3.05, 3.63) is 11.6 Å². The maximum absolute atomic E-state index is 4.25. The number of aromatic nitrogens is 1. The van der Waals surface area contributed by atoms with Crippen molar-refractivity contribution in [2.24, 2.45) is 0 Å². The summed E-state index contributed by atoms with van der Waals surface area (Å²) < 4.78 is 1.16. The fraction of sp³-hybridized carbons (Fsp3) is 0.667. The van der Waals surface area contributed by atoms with E-state index >= 15 is 0 Å². The van der Waals surface area contributed by atoms with Crippen molar-refractivity contribution in [2.45, 2.75) is 36.4 Å². The van der Waals surface area contributed by atoms with Crippen molar-refractivity contribution in [3.8, 4) is 0 Å². The second-order valence-corrected chi connectivity index (χ2v) is 5.49. The molecule has 0 aromatic carbocycles. The van der Waals surface area contributed by atoms with E-state index in [9.17, 15) is 0 Å². The summed E-state index contributed by atoms with van der Waals surface area (Å²) in [5, 5.41) is 6.01. The fourth-order valence-corrected chi connectivity index (χ4v) is 2.96. The molecular formula is C9H16N2S2. The molecule has 1 heterocycles. The summed E-state index contributed by atoms with van der Waals surface area (Å²) in [6, 6.07) is 0.541. The van der Waals surface area contributed by atoms with Crippen LogP contribution in [-0.2, 0) is 0 Å². The van der Waals surface area contributed by atoms with Gasteiger partial charge in [0.25, 0.3) is 0 Å². The van der Waals surface area contributed by atoms with Gasteiger partial charge in [-0.1, -0.05) is 25.6 Å². The molecule has 0 aliphatic carbocycles. The maximum atomic E-state index is 4.25. The van der Waals surface area contributed by atoms with Crippen LogP contribution >= 0.6 is 23.1 Å². The second kappa shape index (κ2) is 5.62. The van der Waals surface area contributed by atoms with Crippen molar-refractivity contribution in [3.63, 3.8) is 0 Å². The van der Waals surface area contributed by atoms with Crippen molar-refractivity contribution in [1.29, 1.82) is 0 Å².